The molecule has 2 N–H and O–H groups in total. The smallest absolute Gasteiger partial charge is 0.315 e. The number of hydrogen-bond acceptors (Lipinski definition) is 7. The summed E-state index contributed by atoms with van der Waals surface area (Å²) in [6.07, 6.45) is 7.81. The number of nitrogens with zero attached hydrogens (tertiary/aromatic N) is 4. The molecule has 3 heterocycles. The molecule has 5 aliphatic rings. The maximum Gasteiger partial charge on any atom is 0.315 e. The number of carbonyl (C=O) groups excluding carboxylic acids is 2. The first-order chi connectivity index (χ1) is 17.0. The van der Waals surface area contributed by atoms with E-state index in [2.05, 4.69) is 25.7 Å². The molecule has 5 fully saturated rings. The van der Waals surface area contributed by atoms with E-state index < -0.39 is 0 Å². The van der Waals surface area contributed by atoms with Crippen molar-refractivity contribution in [3.05, 3.63) is 22.7 Å². The van der Waals surface area contributed by atoms with Gasteiger partial charge < -0.3 is 20.1 Å². The Balaban J connectivity index is 0.905. The highest BCUT2D eigenvalue weighted by molar-refractivity contribution is 7.08. The molecule has 0 aromatic carbocycles. The second-order valence-corrected chi connectivity index (χ2v) is 11.8. The molecular formula is C25H34N6O3S. The number of piperazine rings is 1. The van der Waals surface area contributed by atoms with Crippen LogP contribution in [0.2, 0.25) is 0 Å². The summed E-state index contributed by atoms with van der Waals surface area (Å²) in [6.45, 7) is 3.84. The molecule has 4 bridgehead atoms. The first-order valence-electron chi connectivity index (χ1n) is 12.9. The summed E-state index contributed by atoms with van der Waals surface area (Å²) in [5, 5.41) is 14.3. The van der Waals surface area contributed by atoms with Crippen molar-refractivity contribution < 1.29 is 14.1 Å². The highest BCUT2D eigenvalue weighted by atomic mass is 32.1. The van der Waals surface area contributed by atoms with Crippen LogP contribution in [0.4, 0.5) is 4.79 Å². The van der Waals surface area contributed by atoms with Gasteiger partial charge in [0.2, 0.25) is 17.6 Å². The lowest BCUT2D eigenvalue weighted by Gasteiger charge is -2.56. The van der Waals surface area contributed by atoms with Crippen LogP contribution in [0, 0.1) is 17.8 Å². The molecule has 10 heteroatoms. The second-order valence-electron chi connectivity index (χ2n) is 11.0. The minimum absolute atomic E-state index is 0.00200. The molecule has 7 rings (SSSR count). The highest BCUT2D eigenvalue weighted by Crippen LogP contribution is 2.55. The van der Waals surface area contributed by atoms with Crippen LogP contribution in [0.3, 0.4) is 0 Å². The van der Waals surface area contributed by atoms with Gasteiger partial charge in [-0.3, -0.25) is 9.69 Å². The summed E-state index contributed by atoms with van der Waals surface area (Å²) >= 11 is 1.61. The van der Waals surface area contributed by atoms with Crippen LogP contribution < -0.4 is 10.6 Å². The molecule has 4 saturated carbocycles. The van der Waals surface area contributed by atoms with Gasteiger partial charge in [-0.1, -0.05) is 5.16 Å². The van der Waals surface area contributed by atoms with E-state index in [-0.39, 0.29) is 17.5 Å². The molecule has 35 heavy (non-hydrogen) atoms. The van der Waals surface area contributed by atoms with Crippen molar-refractivity contribution >= 4 is 23.3 Å². The lowest BCUT2D eigenvalue weighted by atomic mass is 9.53. The Morgan fingerprint density at radius 3 is 2.46 bits per heavy atom. The van der Waals surface area contributed by atoms with Crippen LogP contribution in [0.1, 0.15) is 50.8 Å². The topological polar surface area (TPSA) is 104 Å². The van der Waals surface area contributed by atoms with Gasteiger partial charge in [0.05, 0.1) is 6.54 Å². The van der Waals surface area contributed by atoms with E-state index in [4.69, 9.17) is 4.52 Å². The van der Waals surface area contributed by atoms with Crippen molar-refractivity contribution in [1.29, 1.82) is 0 Å². The van der Waals surface area contributed by atoms with E-state index in [1.165, 1.54) is 19.3 Å². The van der Waals surface area contributed by atoms with Crippen molar-refractivity contribution in [3.8, 4) is 11.4 Å². The minimum Gasteiger partial charge on any atom is -0.340 e. The molecule has 188 valence electrons. The zero-order chi connectivity index (χ0) is 23.8. The number of nitrogens with one attached hydrogen (secondary N) is 2. The molecule has 1 aliphatic heterocycles. The van der Waals surface area contributed by atoms with Crippen LogP contribution in [0.25, 0.3) is 11.4 Å². The Labute approximate surface area is 209 Å². The van der Waals surface area contributed by atoms with Gasteiger partial charge in [-0.15, -0.1) is 0 Å². The summed E-state index contributed by atoms with van der Waals surface area (Å²) in [4.78, 5) is 33.9. The van der Waals surface area contributed by atoms with E-state index in [1.807, 2.05) is 21.7 Å². The molecule has 0 atom stereocenters. The molecular weight excluding hydrogens is 464 g/mol. The summed E-state index contributed by atoms with van der Waals surface area (Å²) < 4.78 is 5.40. The molecule has 2 aromatic heterocycles. The summed E-state index contributed by atoms with van der Waals surface area (Å²) in [7, 11) is 0. The van der Waals surface area contributed by atoms with E-state index in [1.54, 1.807) is 11.3 Å². The normalized spacial score (nSPS) is 29.9. The monoisotopic (exact) mass is 498 g/mol. The predicted octanol–water partition coefficient (Wildman–Crippen LogP) is 3.10. The van der Waals surface area contributed by atoms with Gasteiger partial charge in [-0.05, 0) is 67.7 Å². The minimum atomic E-state index is -0.106. The Morgan fingerprint density at radius 1 is 1.09 bits per heavy atom. The number of urea groups is 1. The second kappa shape index (κ2) is 9.54. The van der Waals surface area contributed by atoms with E-state index in [0.29, 0.717) is 44.3 Å². The molecule has 0 radical (unpaired) electrons. The van der Waals surface area contributed by atoms with E-state index in [0.717, 1.165) is 55.7 Å². The molecule has 1 saturated heterocycles. The predicted molar refractivity (Wildman–Crippen MR) is 132 cm³/mol. The fourth-order valence-corrected chi connectivity index (χ4v) is 7.80. The van der Waals surface area contributed by atoms with Crippen LogP contribution in [0.15, 0.2) is 21.3 Å². The molecule has 0 unspecified atom stereocenters. The van der Waals surface area contributed by atoms with E-state index in [9.17, 15) is 9.59 Å². The van der Waals surface area contributed by atoms with Gasteiger partial charge >= 0.3 is 6.03 Å². The quantitative estimate of drug-likeness (QED) is 0.608. The maximum absolute atomic E-state index is 12.7. The summed E-state index contributed by atoms with van der Waals surface area (Å²) in [5.41, 5.74) is 0.975. The first-order valence-corrected chi connectivity index (χ1v) is 13.9. The van der Waals surface area contributed by atoms with Crippen molar-refractivity contribution in [2.75, 3.05) is 32.7 Å². The van der Waals surface area contributed by atoms with Crippen molar-refractivity contribution in [2.45, 2.75) is 57.0 Å². The third kappa shape index (κ3) is 5.09. The largest absolute Gasteiger partial charge is 0.340 e. The number of rotatable bonds is 7. The zero-order valence-corrected chi connectivity index (χ0v) is 20.9. The standard InChI is InChI=1S/C25H34N6O3S/c32-22(1-3-26-24(33)28-25-12-17-9-18(13-25)11-19(10-17)14-25)31-6-4-30(5-7-31)15-21-27-23(29-34-21)20-2-8-35-16-20/h2,8,16-19H,1,3-7,9-15H2,(H2,26,28,33). The third-order valence-electron chi connectivity index (χ3n) is 8.37. The SMILES string of the molecule is O=C(NCCC(=O)N1CCN(Cc2nc(-c3ccsc3)no2)CC1)NC12CC3CC(CC(C3)C1)C2. The van der Waals surface area contributed by atoms with Gasteiger partial charge in [0.25, 0.3) is 0 Å². The van der Waals surface area contributed by atoms with E-state index >= 15 is 0 Å². The van der Waals surface area contributed by atoms with Crippen LogP contribution in [-0.4, -0.2) is 70.1 Å². The summed E-state index contributed by atoms with van der Waals surface area (Å²) in [5.74, 6) is 3.70. The fraction of sp³-hybridized carbons (Fsp3) is 0.680. The van der Waals surface area contributed by atoms with Crippen LogP contribution >= 0.6 is 11.3 Å². The van der Waals surface area contributed by atoms with Gasteiger partial charge in [0, 0.05) is 55.6 Å². The van der Waals surface area contributed by atoms with Gasteiger partial charge in [-0.25, -0.2) is 4.79 Å². The van der Waals surface area contributed by atoms with Gasteiger partial charge in [0.15, 0.2) is 0 Å². The Bertz CT molecular complexity index is 1010. The first kappa shape index (κ1) is 23.0. The van der Waals surface area contributed by atoms with Crippen LogP contribution in [0.5, 0.6) is 0 Å². The average molecular weight is 499 g/mol. The highest BCUT2D eigenvalue weighted by Gasteiger charge is 2.51. The Morgan fingerprint density at radius 2 is 1.80 bits per heavy atom. The van der Waals surface area contributed by atoms with Gasteiger partial charge in [0.1, 0.15) is 0 Å². The average Bonchev–Trinajstić information content (AvgIpc) is 3.50. The number of amides is 3. The zero-order valence-electron chi connectivity index (χ0n) is 20.1. The molecule has 2 aromatic rings. The van der Waals surface area contributed by atoms with Gasteiger partial charge in [-0.2, -0.15) is 16.3 Å². The van der Waals surface area contributed by atoms with Crippen molar-refractivity contribution in [2.24, 2.45) is 17.8 Å². The molecule has 3 amide bonds. The Hall–Kier alpha value is -2.46. The van der Waals surface area contributed by atoms with Crippen molar-refractivity contribution in [3.63, 3.8) is 0 Å². The number of carbonyl (C=O) groups is 2. The summed E-state index contributed by atoms with van der Waals surface area (Å²) in [6, 6.07) is 1.87. The molecule has 9 nitrogen and oxygen atoms in total. The Kier molecular flexibility index (Phi) is 6.26. The molecule has 0 spiro atoms. The third-order valence-corrected chi connectivity index (χ3v) is 9.06. The van der Waals surface area contributed by atoms with Crippen molar-refractivity contribution in [1.82, 2.24) is 30.6 Å². The lowest BCUT2D eigenvalue weighted by Crippen LogP contribution is -2.61. The maximum atomic E-state index is 12.7. The van der Waals surface area contributed by atoms with Crippen LogP contribution in [-0.2, 0) is 11.3 Å². The number of thiophene rings is 1. The number of aromatic nitrogens is 2. The lowest BCUT2D eigenvalue weighted by molar-refractivity contribution is -0.132. The molecule has 4 aliphatic carbocycles. The number of hydrogen-bond donors (Lipinski definition) is 2. The fourth-order valence-electron chi connectivity index (χ4n) is 7.16.